The molecule has 3 rings (SSSR count). The highest BCUT2D eigenvalue weighted by molar-refractivity contribution is 7.10. The molecule has 1 aliphatic carbocycles. The number of aliphatic carboxylic acids is 1. The molecule has 0 aromatic carbocycles. The SMILES string of the molecule is O=C(CCC(=O)N1CCc2sccc2C1)NC1(C(=O)O)CCCC1. The first-order valence-electron chi connectivity index (χ1n) is 8.38. The average Bonchev–Trinajstić information content (AvgIpc) is 3.21. The van der Waals surface area contributed by atoms with Gasteiger partial charge in [-0.2, -0.15) is 0 Å². The molecule has 0 spiro atoms. The fourth-order valence-corrected chi connectivity index (χ4v) is 4.43. The van der Waals surface area contributed by atoms with Crippen LogP contribution in [0, 0.1) is 0 Å². The van der Waals surface area contributed by atoms with Crippen LogP contribution < -0.4 is 5.32 Å². The minimum atomic E-state index is -1.13. The van der Waals surface area contributed by atoms with Gasteiger partial charge in [0.25, 0.3) is 0 Å². The van der Waals surface area contributed by atoms with E-state index in [2.05, 4.69) is 5.32 Å². The van der Waals surface area contributed by atoms with Crippen molar-refractivity contribution in [3.05, 3.63) is 21.9 Å². The third kappa shape index (κ3) is 3.45. The van der Waals surface area contributed by atoms with Crippen LogP contribution in [0.15, 0.2) is 11.4 Å². The van der Waals surface area contributed by atoms with Crippen LogP contribution in [0.2, 0.25) is 0 Å². The summed E-state index contributed by atoms with van der Waals surface area (Å²) < 4.78 is 0. The number of carbonyl (C=O) groups excluding carboxylic acids is 2. The van der Waals surface area contributed by atoms with Crippen LogP contribution in [0.4, 0.5) is 0 Å². The fraction of sp³-hybridized carbons (Fsp3) is 0.588. The third-order valence-corrected chi connectivity index (χ3v) is 5.99. The van der Waals surface area contributed by atoms with E-state index in [0.717, 1.165) is 19.3 Å². The van der Waals surface area contributed by atoms with Gasteiger partial charge in [-0.15, -0.1) is 11.3 Å². The monoisotopic (exact) mass is 350 g/mol. The van der Waals surface area contributed by atoms with Gasteiger partial charge in [0.1, 0.15) is 5.54 Å². The maximum absolute atomic E-state index is 12.3. The molecule has 6 nitrogen and oxygen atoms in total. The van der Waals surface area contributed by atoms with Crippen molar-refractivity contribution in [2.24, 2.45) is 0 Å². The Morgan fingerprint density at radius 3 is 2.71 bits per heavy atom. The predicted molar refractivity (Wildman–Crippen MR) is 89.7 cm³/mol. The summed E-state index contributed by atoms with van der Waals surface area (Å²) in [6, 6.07) is 2.04. The molecule has 24 heavy (non-hydrogen) atoms. The normalized spacial score (nSPS) is 18.9. The number of carboxylic acids is 1. The van der Waals surface area contributed by atoms with Crippen LogP contribution in [-0.2, 0) is 27.3 Å². The molecule has 1 aliphatic heterocycles. The molecule has 2 amide bonds. The van der Waals surface area contributed by atoms with Crippen LogP contribution >= 0.6 is 11.3 Å². The van der Waals surface area contributed by atoms with Crippen LogP contribution in [0.25, 0.3) is 0 Å². The topological polar surface area (TPSA) is 86.7 Å². The van der Waals surface area contributed by atoms with E-state index in [1.54, 1.807) is 16.2 Å². The lowest BCUT2D eigenvalue weighted by atomic mass is 9.97. The lowest BCUT2D eigenvalue weighted by Gasteiger charge is -2.28. The van der Waals surface area contributed by atoms with Crippen molar-refractivity contribution in [2.45, 2.75) is 57.0 Å². The highest BCUT2D eigenvalue weighted by Crippen LogP contribution is 2.30. The molecule has 0 unspecified atom stereocenters. The molecule has 0 bridgehead atoms. The van der Waals surface area contributed by atoms with E-state index < -0.39 is 11.5 Å². The summed E-state index contributed by atoms with van der Waals surface area (Å²) in [6.45, 7) is 1.30. The summed E-state index contributed by atoms with van der Waals surface area (Å²) in [7, 11) is 0. The molecule has 0 saturated heterocycles. The standard InChI is InChI=1S/C17H22N2O4S/c20-14(18-17(16(22)23)7-1-2-8-17)3-4-15(21)19-9-5-13-12(11-19)6-10-24-13/h6,10H,1-5,7-9,11H2,(H,18,20)(H,22,23). The molecule has 1 aromatic heterocycles. The molecule has 0 radical (unpaired) electrons. The van der Waals surface area contributed by atoms with Gasteiger partial charge in [-0.25, -0.2) is 4.79 Å². The number of nitrogens with one attached hydrogen (secondary N) is 1. The molecule has 7 heteroatoms. The molecule has 130 valence electrons. The van der Waals surface area contributed by atoms with E-state index in [1.807, 2.05) is 11.4 Å². The minimum absolute atomic E-state index is 0.0425. The van der Waals surface area contributed by atoms with Crippen LogP contribution in [0.1, 0.15) is 49.0 Å². The Balaban J connectivity index is 1.49. The number of carbonyl (C=O) groups is 3. The van der Waals surface area contributed by atoms with E-state index in [9.17, 15) is 19.5 Å². The summed E-state index contributed by atoms with van der Waals surface area (Å²) in [5.41, 5.74) is 0.0662. The smallest absolute Gasteiger partial charge is 0.329 e. The van der Waals surface area contributed by atoms with Gasteiger partial charge in [-0.3, -0.25) is 9.59 Å². The number of hydrogen-bond donors (Lipinski definition) is 2. The lowest BCUT2D eigenvalue weighted by molar-refractivity contribution is -0.147. The molecular formula is C17H22N2O4S. The van der Waals surface area contributed by atoms with Crippen molar-refractivity contribution in [1.29, 1.82) is 0 Å². The third-order valence-electron chi connectivity index (χ3n) is 4.97. The number of fused-ring (bicyclic) bond motifs is 1. The molecule has 2 N–H and O–H groups in total. The summed E-state index contributed by atoms with van der Waals surface area (Å²) in [4.78, 5) is 39.0. The number of carboxylic acid groups (broad SMARTS) is 1. The highest BCUT2D eigenvalue weighted by atomic mass is 32.1. The second-order valence-electron chi connectivity index (χ2n) is 6.58. The lowest BCUT2D eigenvalue weighted by Crippen LogP contribution is -2.52. The van der Waals surface area contributed by atoms with E-state index in [0.29, 0.717) is 25.9 Å². The first kappa shape index (κ1) is 17.0. The van der Waals surface area contributed by atoms with Gasteiger partial charge in [0.15, 0.2) is 0 Å². The molecule has 2 heterocycles. The van der Waals surface area contributed by atoms with Gasteiger partial charge in [-0.1, -0.05) is 12.8 Å². The van der Waals surface area contributed by atoms with Crippen molar-refractivity contribution in [3.63, 3.8) is 0 Å². The number of thiophene rings is 1. The average molecular weight is 350 g/mol. The van der Waals surface area contributed by atoms with Crippen molar-refractivity contribution < 1.29 is 19.5 Å². The van der Waals surface area contributed by atoms with Crippen molar-refractivity contribution >= 4 is 29.1 Å². The van der Waals surface area contributed by atoms with Gasteiger partial charge in [-0.05, 0) is 36.3 Å². The van der Waals surface area contributed by atoms with Gasteiger partial charge < -0.3 is 15.3 Å². The van der Waals surface area contributed by atoms with Gasteiger partial charge in [0.2, 0.25) is 11.8 Å². The predicted octanol–water partition coefficient (Wildman–Crippen LogP) is 1.93. The summed E-state index contributed by atoms with van der Waals surface area (Å²) >= 11 is 1.72. The Morgan fingerprint density at radius 1 is 1.25 bits per heavy atom. The zero-order valence-corrected chi connectivity index (χ0v) is 14.4. The Bertz CT molecular complexity index is 649. The van der Waals surface area contributed by atoms with Crippen LogP contribution in [0.3, 0.4) is 0 Å². The quantitative estimate of drug-likeness (QED) is 0.849. The van der Waals surface area contributed by atoms with Gasteiger partial charge in [0, 0.05) is 30.8 Å². The van der Waals surface area contributed by atoms with Gasteiger partial charge in [0.05, 0.1) is 0 Å². The van der Waals surface area contributed by atoms with E-state index in [1.165, 1.54) is 10.4 Å². The fourth-order valence-electron chi connectivity index (χ4n) is 3.54. The number of nitrogens with zero attached hydrogens (tertiary/aromatic N) is 1. The summed E-state index contributed by atoms with van der Waals surface area (Å²) in [5, 5.41) is 14.1. The first-order chi connectivity index (χ1) is 11.5. The van der Waals surface area contributed by atoms with Crippen LogP contribution in [-0.4, -0.2) is 39.9 Å². The maximum Gasteiger partial charge on any atom is 0.329 e. The van der Waals surface area contributed by atoms with Crippen molar-refractivity contribution in [3.8, 4) is 0 Å². The first-order valence-corrected chi connectivity index (χ1v) is 9.25. The van der Waals surface area contributed by atoms with Crippen molar-refractivity contribution in [1.82, 2.24) is 10.2 Å². The Hall–Kier alpha value is -1.89. The molecular weight excluding hydrogens is 328 g/mol. The van der Waals surface area contributed by atoms with Crippen LogP contribution in [0.5, 0.6) is 0 Å². The van der Waals surface area contributed by atoms with Crippen molar-refractivity contribution in [2.75, 3.05) is 6.54 Å². The molecule has 0 atom stereocenters. The highest BCUT2D eigenvalue weighted by Gasteiger charge is 2.42. The Labute approximate surface area is 144 Å². The molecule has 2 aliphatic rings. The molecule has 1 fully saturated rings. The Kier molecular flexibility index (Phi) is 4.89. The van der Waals surface area contributed by atoms with E-state index in [4.69, 9.17) is 0 Å². The summed E-state index contributed by atoms with van der Waals surface area (Å²) in [6.07, 6.45) is 3.59. The largest absolute Gasteiger partial charge is 0.480 e. The molecule has 1 saturated carbocycles. The Morgan fingerprint density at radius 2 is 2.00 bits per heavy atom. The second kappa shape index (κ2) is 6.93. The van der Waals surface area contributed by atoms with E-state index in [-0.39, 0.29) is 24.7 Å². The zero-order valence-electron chi connectivity index (χ0n) is 13.5. The number of amides is 2. The van der Waals surface area contributed by atoms with Gasteiger partial charge >= 0.3 is 5.97 Å². The zero-order chi connectivity index (χ0) is 17.2. The summed E-state index contributed by atoms with van der Waals surface area (Å²) in [5.74, 6) is -1.36. The molecule has 1 aromatic rings. The second-order valence-corrected chi connectivity index (χ2v) is 7.58. The van der Waals surface area contributed by atoms with E-state index >= 15 is 0 Å². The number of rotatable bonds is 5. The maximum atomic E-state index is 12.3. The number of hydrogen-bond acceptors (Lipinski definition) is 4. The minimum Gasteiger partial charge on any atom is -0.480 e.